The van der Waals surface area contributed by atoms with E-state index in [-0.39, 0.29) is 11.4 Å². The third-order valence-electron chi connectivity index (χ3n) is 3.69. The molecule has 1 rings (SSSR count). The Morgan fingerprint density at radius 3 is 2.29 bits per heavy atom. The molecule has 0 radical (unpaired) electrons. The van der Waals surface area contributed by atoms with Crippen LogP contribution in [-0.2, 0) is 6.54 Å². The monoisotopic (exact) mass is 257 g/mol. The largest absolute Gasteiger partial charge is 0.307 e. The van der Waals surface area contributed by atoms with Gasteiger partial charge in [0.25, 0.3) is 0 Å². The summed E-state index contributed by atoms with van der Waals surface area (Å²) in [5.41, 5.74) is 0.742. The van der Waals surface area contributed by atoms with Crippen LogP contribution in [0.25, 0.3) is 0 Å². The molecular formula is C14H21ClFN. The van der Waals surface area contributed by atoms with Crippen LogP contribution in [-0.4, -0.2) is 5.54 Å². The van der Waals surface area contributed by atoms with Crippen molar-refractivity contribution in [3.05, 3.63) is 34.6 Å². The van der Waals surface area contributed by atoms with Gasteiger partial charge in [0.1, 0.15) is 5.82 Å². The first-order chi connectivity index (χ1) is 8.06. The number of halogens is 2. The molecule has 1 nitrogen and oxygen atoms in total. The molecule has 0 unspecified atom stereocenters. The maximum Gasteiger partial charge on any atom is 0.127 e. The van der Waals surface area contributed by atoms with Crippen molar-refractivity contribution >= 4 is 11.6 Å². The Kier molecular flexibility index (Phi) is 5.41. The Hall–Kier alpha value is -0.600. The van der Waals surface area contributed by atoms with E-state index in [1.807, 2.05) is 0 Å². The van der Waals surface area contributed by atoms with Gasteiger partial charge in [0.05, 0.1) is 0 Å². The van der Waals surface area contributed by atoms with Gasteiger partial charge in [0, 0.05) is 22.7 Å². The topological polar surface area (TPSA) is 12.0 Å². The molecule has 96 valence electrons. The molecule has 1 aromatic carbocycles. The highest BCUT2D eigenvalue weighted by Crippen LogP contribution is 2.21. The lowest BCUT2D eigenvalue weighted by Gasteiger charge is -2.32. The summed E-state index contributed by atoms with van der Waals surface area (Å²) in [6.45, 7) is 7.01. The summed E-state index contributed by atoms with van der Waals surface area (Å²) in [5.74, 6) is -0.195. The second-order valence-corrected chi connectivity index (χ2v) is 4.87. The third kappa shape index (κ3) is 3.68. The van der Waals surface area contributed by atoms with Crippen LogP contribution in [0.1, 0.15) is 45.6 Å². The molecule has 0 heterocycles. The molecule has 0 amide bonds. The molecule has 0 aliphatic rings. The zero-order valence-corrected chi connectivity index (χ0v) is 11.6. The zero-order valence-electron chi connectivity index (χ0n) is 10.8. The molecular weight excluding hydrogens is 237 g/mol. The summed E-state index contributed by atoms with van der Waals surface area (Å²) in [7, 11) is 0. The average Bonchev–Trinajstić information content (AvgIpc) is 2.35. The highest BCUT2D eigenvalue weighted by Gasteiger charge is 2.23. The Labute approximate surface area is 108 Å². The van der Waals surface area contributed by atoms with Crippen LogP contribution >= 0.6 is 11.6 Å². The van der Waals surface area contributed by atoms with E-state index in [9.17, 15) is 4.39 Å². The highest BCUT2D eigenvalue weighted by atomic mass is 35.5. The van der Waals surface area contributed by atoms with E-state index in [0.717, 1.165) is 19.3 Å². The van der Waals surface area contributed by atoms with Gasteiger partial charge in [-0.15, -0.1) is 0 Å². The minimum absolute atomic E-state index is 0.106. The molecule has 0 aliphatic carbocycles. The van der Waals surface area contributed by atoms with E-state index in [1.165, 1.54) is 6.07 Å². The zero-order chi connectivity index (χ0) is 12.9. The lowest BCUT2D eigenvalue weighted by molar-refractivity contribution is 0.286. The fourth-order valence-corrected chi connectivity index (χ4v) is 2.28. The van der Waals surface area contributed by atoms with Crippen molar-refractivity contribution in [1.29, 1.82) is 0 Å². The van der Waals surface area contributed by atoms with E-state index in [2.05, 4.69) is 26.1 Å². The van der Waals surface area contributed by atoms with Gasteiger partial charge < -0.3 is 5.32 Å². The molecule has 0 atom stereocenters. The SMILES string of the molecule is CCC(CC)(CC)NCc1cc(Cl)ccc1F. The molecule has 0 aliphatic heterocycles. The van der Waals surface area contributed by atoms with Crippen LogP contribution in [0.5, 0.6) is 0 Å². The standard InChI is InChI=1S/C14H21ClFN/c1-4-14(5-2,6-3)17-10-11-9-12(15)7-8-13(11)16/h7-9,17H,4-6,10H2,1-3H3. The molecule has 0 spiro atoms. The van der Waals surface area contributed by atoms with Crippen molar-refractivity contribution < 1.29 is 4.39 Å². The lowest BCUT2D eigenvalue weighted by atomic mass is 9.89. The maximum absolute atomic E-state index is 13.6. The molecule has 0 saturated carbocycles. The van der Waals surface area contributed by atoms with Gasteiger partial charge in [-0.1, -0.05) is 32.4 Å². The summed E-state index contributed by atoms with van der Waals surface area (Å²) in [6.07, 6.45) is 3.13. The first-order valence-electron chi connectivity index (χ1n) is 6.26. The average molecular weight is 258 g/mol. The predicted molar refractivity (Wildman–Crippen MR) is 71.9 cm³/mol. The Morgan fingerprint density at radius 1 is 1.18 bits per heavy atom. The normalized spacial score (nSPS) is 11.8. The lowest BCUT2D eigenvalue weighted by Crippen LogP contribution is -2.43. The number of rotatable bonds is 6. The molecule has 0 bridgehead atoms. The number of benzene rings is 1. The van der Waals surface area contributed by atoms with Crippen molar-refractivity contribution in [3.8, 4) is 0 Å². The summed E-state index contributed by atoms with van der Waals surface area (Å²) >= 11 is 5.87. The van der Waals surface area contributed by atoms with Crippen LogP contribution < -0.4 is 5.32 Å². The molecule has 0 saturated heterocycles. The number of nitrogens with one attached hydrogen (secondary N) is 1. The van der Waals surface area contributed by atoms with Gasteiger partial charge in [-0.2, -0.15) is 0 Å². The second kappa shape index (κ2) is 6.36. The second-order valence-electron chi connectivity index (χ2n) is 4.43. The number of hydrogen-bond donors (Lipinski definition) is 1. The third-order valence-corrected chi connectivity index (χ3v) is 3.93. The fourth-order valence-electron chi connectivity index (χ4n) is 2.09. The van der Waals surface area contributed by atoms with Gasteiger partial charge in [0.2, 0.25) is 0 Å². The summed E-state index contributed by atoms with van der Waals surface area (Å²) < 4.78 is 13.6. The van der Waals surface area contributed by atoms with Crippen molar-refractivity contribution in [1.82, 2.24) is 5.32 Å². The summed E-state index contributed by atoms with van der Waals surface area (Å²) in [5, 5.41) is 4.05. The van der Waals surface area contributed by atoms with Crippen LogP contribution in [0.15, 0.2) is 18.2 Å². The predicted octanol–water partition coefficient (Wildman–Crippen LogP) is 4.54. The van der Waals surface area contributed by atoms with E-state index in [4.69, 9.17) is 11.6 Å². The fraction of sp³-hybridized carbons (Fsp3) is 0.571. The Balaban J connectivity index is 2.75. The van der Waals surface area contributed by atoms with Crippen molar-refractivity contribution in [2.24, 2.45) is 0 Å². The quantitative estimate of drug-likeness (QED) is 0.789. The molecule has 0 aromatic heterocycles. The van der Waals surface area contributed by atoms with E-state index in [0.29, 0.717) is 17.1 Å². The van der Waals surface area contributed by atoms with Crippen LogP contribution in [0.3, 0.4) is 0 Å². The molecule has 17 heavy (non-hydrogen) atoms. The van der Waals surface area contributed by atoms with Crippen molar-refractivity contribution in [3.63, 3.8) is 0 Å². The van der Waals surface area contributed by atoms with Crippen molar-refractivity contribution in [2.75, 3.05) is 0 Å². The van der Waals surface area contributed by atoms with E-state index in [1.54, 1.807) is 12.1 Å². The Bertz CT molecular complexity index is 353. The van der Waals surface area contributed by atoms with E-state index >= 15 is 0 Å². The van der Waals surface area contributed by atoms with Crippen LogP contribution in [0, 0.1) is 5.82 Å². The van der Waals surface area contributed by atoms with Gasteiger partial charge in [-0.25, -0.2) is 4.39 Å². The smallest absolute Gasteiger partial charge is 0.127 e. The van der Waals surface area contributed by atoms with Gasteiger partial charge >= 0.3 is 0 Å². The molecule has 3 heteroatoms. The number of hydrogen-bond acceptors (Lipinski definition) is 1. The minimum atomic E-state index is -0.195. The highest BCUT2D eigenvalue weighted by molar-refractivity contribution is 6.30. The summed E-state index contributed by atoms with van der Waals surface area (Å²) in [4.78, 5) is 0. The van der Waals surface area contributed by atoms with Crippen LogP contribution in [0.2, 0.25) is 5.02 Å². The Morgan fingerprint density at radius 2 is 1.76 bits per heavy atom. The molecule has 0 fully saturated rings. The maximum atomic E-state index is 13.6. The van der Waals surface area contributed by atoms with E-state index < -0.39 is 0 Å². The van der Waals surface area contributed by atoms with Crippen LogP contribution in [0.4, 0.5) is 4.39 Å². The van der Waals surface area contributed by atoms with Crippen molar-refractivity contribution in [2.45, 2.75) is 52.1 Å². The van der Waals surface area contributed by atoms with Gasteiger partial charge in [-0.3, -0.25) is 0 Å². The summed E-state index contributed by atoms with van der Waals surface area (Å²) in [6, 6.07) is 4.69. The van der Waals surface area contributed by atoms with Gasteiger partial charge in [0.15, 0.2) is 0 Å². The van der Waals surface area contributed by atoms with Gasteiger partial charge in [-0.05, 0) is 37.5 Å². The minimum Gasteiger partial charge on any atom is -0.307 e. The first-order valence-corrected chi connectivity index (χ1v) is 6.63. The first kappa shape index (κ1) is 14.5. The molecule has 1 N–H and O–H groups in total. The molecule has 1 aromatic rings.